The first-order valence-corrected chi connectivity index (χ1v) is 7.09. The minimum Gasteiger partial charge on any atom is -0.481 e. The van der Waals surface area contributed by atoms with E-state index in [-0.39, 0.29) is 30.4 Å². The van der Waals surface area contributed by atoms with Gasteiger partial charge in [-0.25, -0.2) is 13.4 Å². The first kappa shape index (κ1) is 15.2. The van der Waals surface area contributed by atoms with Gasteiger partial charge in [0.2, 0.25) is 21.9 Å². The van der Waals surface area contributed by atoms with Gasteiger partial charge in [0.05, 0.1) is 12.9 Å². The lowest BCUT2D eigenvalue weighted by Gasteiger charge is -2.07. The van der Waals surface area contributed by atoms with Crippen molar-refractivity contribution in [2.45, 2.75) is 19.8 Å². The summed E-state index contributed by atoms with van der Waals surface area (Å²) in [6, 6.07) is 1.56. The predicted octanol–water partition coefficient (Wildman–Crippen LogP) is 0.400. The van der Waals surface area contributed by atoms with E-state index in [1.165, 1.54) is 7.11 Å². The minimum absolute atomic E-state index is 0.0214. The fraction of sp³-hybridized carbons (Fsp3) is 0.500. The Bertz CT molecular complexity index is 558. The standard InChI is InChI=1S/C10H15N3O5S/c1-7-6-8(18-2)12-10(11-7)13-19(16,17)5-3-4-9(14)15/h6H,3-5H2,1-2H3,(H,14,15)(H,11,12,13). The second-order valence-corrected chi connectivity index (χ2v) is 5.64. The Morgan fingerprint density at radius 3 is 2.74 bits per heavy atom. The van der Waals surface area contributed by atoms with Crippen LogP contribution in [0.3, 0.4) is 0 Å². The Morgan fingerprint density at radius 2 is 2.16 bits per heavy atom. The summed E-state index contributed by atoms with van der Waals surface area (Å²) in [6.45, 7) is 1.67. The molecular weight excluding hydrogens is 274 g/mol. The quantitative estimate of drug-likeness (QED) is 0.745. The second-order valence-electron chi connectivity index (χ2n) is 3.79. The molecule has 0 bridgehead atoms. The highest BCUT2D eigenvalue weighted by Crippen LogP contribution is 2.12. The maximum atomic E-state index is 11.7. The molecule has 0 aliphatic heterocycles. The number of ether oxygens (including phenoxy) is 1. The van der Waals surface area contributed by atoms with Gasteiger partial charge in [0.25, 0.3) is 0 Å². The van der Waals surface area contributed by atoms with E-state index in [0.717, 1.165) is 0 Å². The number of aryl methyl sites for hydroxylation is 1. The van der Waals surface area contributed by atoms with Crippen molar-refractivity contribution in [1.82, 2.24) is 9.97 Å². The van der Waals surface area contributed by atoms with Crippen LogP contribution >= 0.6 is 0 Å². The van der Waals surface area contributed by atoms with Crippen molar-refractivity contribution in [2.24, 2.45) is 0 Å². The average Bonchev–Trinajstić information content (AvgIpc) is 2.26. The van der Waals surface area contributed by atoms with Crippen molar-refractivity contribution in [3.05, 3.63) is 11.8 Å². The molecular formula is C10H15N3O5S. The first-order chi connectivity index (χ1) is 8.82. The van der Waals surface area contributed by atoms with Gasteiger partial charge in [-0.05, 0) is 13.3 Å². The van der Waals surface area contributed by atoms with Crippen LogP contribution in [-0.4, -0.2) is 42.3 Å². The van der Waals surface area contributed by atoms with E-state index < -0.39 is 16.0 Å². The predicted molar refractivity (Wildman–Crippen MR) is 67.6 cm³/mol. The van der Waals surface area contributed by atoms with Crippen molar-refractivity contribution in [2.75, 3.05) is 17.6 Å². The van der Waals surface area contributed by atoms with Crippen molar-refractivity contribution >= 4 is 21.9 Å². The molecule has 9 heteroatoms. The Morgan fingerprint density at radius 1 is 1.47 bits per heavy atom. The van der Waals surface area contributed by atoms with Crippen molar-refractivity contribution in [3.63, 3.8) is 0 Å². The smallest absolute Gasteiger partial charge is 0.303 e. The summed E-state index contributed by atoms with van der Waals surface area (Å²) in [5.74, 6) is -1.19. The number of aromatic nitrogens is 2. The molecule has 0 saturated heterocycles. The molecule has 0 unspecified atom stereocenters. The number of hydrogen-bond acceptors (Lipinski definition) is 6. The lowest BCUT2D eigenvalue weighted by molar-refractivity contribution is -0.137. The van der Waals surface area contributed by atoms with Crippen LogP contribution in [0.1, 0.15) is 18.5 Å². The number of methoxy groups -OCH3 is 1. The van der Waals surface area contributed by atoms with Crippen LogP contribution in [0, 0.1) is 6.92 Å². The number of aliphatic carboxylic acids is 1. The molecule has 1 aromatic rings. The molecule has 1 rings (SSSR count). The summed E-state index contributed by atoms with van der Waals surface area (Å²) in [6.07, 6.45) is -0.188. The van der Waals surface area contributed by atoms with E-state index >= 15 is 0 Å². The monoisotopic (exact) mass is 289 g/mol. The number of sulfonamides is 1. The zero-order valence-electron chi connectivity index (χ0n) is 10.6. The SMILES string of the molecule is COc1cc(C)nc(NS(=O)(=O)CCCC(=O)O)n1. The summed E-state index contributed by atoms with van der Waals surface area (Å²) in [5.41, 5.74) is 0.551. The van der Waals surface area contributed by atoms with Crippen LogP contribution in [-0.2, 0) is 14.8 Å². The molecule has 0 aliphatic rings. The third-order valence-corrected chi connectivity index (χ3v) is 3.41. The van der Waals surface area contributed by atoms with Crippen LogP contribution in [0.5, 0.6) is 5.88 Å². The van der Waals surface area contributed by atoms with Gasteiger partial charge in [-0.2, -0.15) is 4.98 Å². The van der Waals surface area contributed by atoms with Crippen molar-refractivity contribution < 1.29 is 23.1 Å². The van der Waals surface area contributed by atoms with Gasteiger partial charge < -0.3 is 9.84 Å². The second kappa shape index (κ2) is 6.32. The lowest BCUT2D eigenvalue weighted by Crippen LogP contribution is -2.19. The summed E-state index contributed by atoms with van der Waals surface area (Å²) in [7, 11) is -2.26. The number of carboxylic acids is 1. The Hall–Kier alpha value is -1.90. The van der Waals surface area contributed by atoms with Gasteiger partial charge in [-0.3, -0.25) is 9.52 Å². The Kier molecular flexibility index (Phi) is 5.04. The Balaban J connectivity index is 2.72. The number of carbonyl (C=O) groups is 1. The van der Waals surface area contributed by atoms with Gasteiger partial charge in [-0.15, -0.1) is 0 Å². The number of nitrogens with zero attached hydrogens (tertiary/aromatic N) is 2. The zero-order chi connectivity index (χ0) is 14.5. The van der Waals surface area contributed by atoms with Gasteiger partial charge in [0.15, 0.2) is 0 Å². The van der Waals surface area contributed by atoms with E-state index in [9.17, 15) is 13.2 Å². The summed E-state index contributed by atoms with van der Waals surface area (Å²) < 4.78 is 30.4. The van der Waals surface area contributed by atoms with Gasteiger partial charge in [-0.1, -0.05) is 0 Å². The van der Waals surface area contributed by atoms with E-state index in [0.29, 0.717) is 5.69 Å². The van der Waals surface area contributed by atoms with Crippen LogP contribution in [0.25, 0.3) is 0 Å². The van der Waals surface area contributed by atoms with E-state index in [4.69, 9.17) is 9.84 Å². The third-order valence-electron chi connectivity index (χ3n) is 2.09. The summed E-state index contributed by atoms with van der Waals surface area (Å²) >= 11 is 0. The average molecular weight is 289 g/mol. The maximum Gasteiger partial charge on any atom is 0.303 e. The number of rotatable bonds is 7. The van der Waals surface area contributed by atoms with Crippen LogP contribution in [0.2, 0.25) is 0 Å². The molecule has 19 heavy (non-hydrogen) atoms. The summed E-state index contributed by atoms with van der Waals surface area (Å²) in [4.78, 5) is 18.1. The Labute approximate surface area is 110 Å². The number of anilines is 1. The van der Waals surface area contributed by atoms with Gasteiger partial charge in [0.1, 0.15) is 0 Å². The van der Waals surface area contributed by atoms with Crippen LogP contribution in [0.15, 0.2) is 6.07 Å². The van der Waals surface area contributed by atoms with Crippen LogP contribution < -0.4 is 9.46 Å². The molecule has 0 saturated carbocycles. The third kappa shape index (κ3) is 5.51. The minimum atomic E-state index is -3.67. The van der Waals surface area contributed by atoms with Crippen molar-refractivity contribution in [1.29, 1.82) is 0 Å². The molecule has 0 amide bonds. The molecule has 8 nitrogen and oxygen atoms in total. The number of carboxylic acid groups (broad SMARTS) is 1. The summed E-state index contributed by atoms with van der Waals surface area (Å²) in [5, 5.41) is 8.45. The van der Waals surface area contributed by atoms with Crippen LogP contribution in [0.4, 0.5) is 5.95 Å². The molecule has 0 radical (unpaired) electrons. The van der Waals surface area contributed by atoms with E-state index in [1.807, 2.05) is 0 Å². The van der Waals surface area contributed by atoms with E-state index in [1.54, 1.807) is 13.0 Å². The van der Waals surface area contributed by atoms with E-state index in [2.05, 4.69) is 14.7 Å². The largest absolute Gasteiger partial charge is 0.481 e. The highest BCUT2D eigenvalue weighted by atomic mass is 32.2. The molecule has 0 fully saturated rings. The fourth-order valence-corrected chi connectivity index (χ4v) is 2.29. The van der Waals surface area contributed by atoms with Crippen molar-refractivity contribution in [3.8, 4) is 5.88 Å². The molecule has 0 atom stereocenters. The number of nitrogens with one attached hydrogen (secondary N) is 1. The molecule has 1 aromatic heterocycles. The molecule has 0 aromatic carbocycles. The van der Waals surface area contributed by atoms with Gasteiger partial charge >= 0.3 is 5.97 Å². The highest BCUT2D eigenvalue weighted by molar-refractivity contribution is 7.92. The normalized spacial score (nSPS) is 11.1. The highest BCUT2D eigenvalue weighted by Gasteiger charge is 2.14. The topological polar surface area (TPSA) is 118 Å². The molecule has 0 aliphatic carbocycles. The molecule has 106 valence electrons. The lowest BCUT2D eigenvalue weighted by atomic mass is 10.3. The zero-order valence-corrected chi connectivity index (χ0v) is 11.4. The van der Waals surface area contributed by atoms with Gasteiger partial charge in [0, 0.05) is 18.2 Å². The number of hydrogen-bond donors (Lipinski definition) is 2. The molecule has 0 spiro atoms. The fourth-order valence-electron chi connectivity index (χ4n) is 1.29. The first-order valence-electron chi connectivity index (χ1n) is 5.44. The molecule has 2 N–H and O–H groups in total. The molecule has 1 heterocycles. The maximum absolute atomic E-state index is 11.7.